The first kappa shape index (κ1) is 86.4. The highest BCUT2D eigenvalue weighted by molar-refractivity contribution is 7.47. The molecule has 0 saturated carbocycles. The van der Waals surface area contributed by atoms with Crippen molar-refractivity contribution in [3.8, 4) is 47.4 Å². The minimum atomic E-state index is -4.66. The topological polar surface area (TPSA) is 221 Å². The van der Waals surface area contributed by atoms with Crippen LogP contribution in [0.5, 0.6) is 0 Å². The molecule has 1 unspecified atom stereocenters. The number of methoxy groups -OCH3 is 1. The Bertz CT molecular complexity index is 1930. The highest BCUT2D eigenvalue weighted by Crippen LogP contribution is 2.43. The third kappa shape index (κ3) is 71.8. The Morgan fingerprint density at radius 2 is 0.711 bits per heavy atom. The number of amides is 1. The van der Waals surface area contributed by atoms with Gasteiger partial charge in [-0.15, -0.1) is 0 Å². The second kappa shape index (κ2) is 72.8. The summed E-state index contributed by atoms with van der Waals surface area (Å²) >= 11 is 0. The van der Waals surface area contributed by atoms with E-state index in [1.807, 2.05) is 0 Å². The van der Waals surface area contributed by atoms with E-state index in [4.69, 9.17) is 61.2 Å². The lowest BCUT2D eigenvalue weighted by molar-refractivity contribution is -0.161. The van der Waals surface area contributed by atoms with Crippen molar-refractivity contribution in [3.63, 3.8) is 0 Å². The highest BCUT2D eigenvalue weighted by atomic mass is 31.2. The van der Waals surface area contributed by atoms with E-state index in [9.17, 15) is 23.8 Å². The Labute approximate surface area is 545 Å². The van der Waals surface area contributed by atoms with Crippen LogP contribution in [0.15, 0.2) is 0 Å². The van der Waals surface area contributed by atoms with E-state index in [1.54, 1.807) is 7.11 Å². The van der Waals surface area contributed by atoms with E-state index in [1.165, 1.54) is 89.9 Å². The molecule has 0 rings (SSSR count). The van der Waals surface area contributed by atoms with Crippen LogP contribution in [0.4, 0.5) is 0 Å². The summed E-state index contributed by atoms with van der Waals surface area (Å²) in [6.45, 7) is 9.76. The molecule has 0 aromatic rings. The smallest absolute Gasteiger partial charge is 0.462 e. The molecule has 0 heterocycles. The van der Waals surface area contributed by atoms with Crippen molar-refractivity contribution in [2.75, 3.05) is 146 Å². The minimum Gasteiger partial charge on any atom is -0.462 e. The van der Waals surface area contributed by atoms with Crippen molar-refractivity contribution in [3.05, 3.63) is 0 Å². The van der Waals surface area contributed by atoms with Gasteiger partial charge in [0.25, 0.3) is 0 Å². The first-order chi connectivity index (χ1) is 44.2. The predicted octanol–water partition coefficient (Wildman–Crippen LogP) is 12.8. The lowest BCUT2D eigenvalue weighted by Gasteiger charge is -2.20. The standard InChI is InChI=1S/C70H122NO18P/c1-4-6-8-10-12-14-16-18-20-22-24-26-28-30-32-34-36-38-40-42-44-69(73)86-64-67(89-70(74)45-43-41-39-37-35-33-31-29-27-25-23-21-19-17-15-13-11-9-7-5-2)65-88-90(75,76)87-47-46-71-68(72)66-85-63-62-84-61-60-83-59-58-82-57-56-81-55-54-80-53-52-79-51-50-78-49-48-77-3/h67H,4-21,30-66H2,1-3H3,(H,71,72)(H,75,76)/t67-/m1/s1. The summed E-state index contributed by atoms with van der Waals surface area (Å²) in [5.41, 5.74) is 0. The summed E-state index contributed by atoms with van der Waals surface area (Å²) in [6.07, 6.45) is 34.4. The zero-order valence-electron chi connectivity index (χ0n) is 56.3. The number of carbonyl (C=O) groups is 3. The van der Waals surface area contributed by atoms with Gasteiger partial charge in [0.05, 0.1) is 119 Å². The number of hydrogen-bond donors (Lipinski definition) is 2. The number of phosphoric ester groups is 1. The molecule has 2 atom stereocenters. The zero-order valence-corrected chi connectivity index (χ0v) is 57.2. The summed E-state index contributed by atoms with van der Waals surface area (Å²) in [4.78, 5) is 48.3. The summed E-state index contributed by atoms with van der Waals surface area (Å²) < 4.78 is 82.5. The Morgan fingerprint density at radius 3 is 1.08 bits per heavy atom. The van der Waals surface area contributed by atoms with Crippen LogP contribution < -0.4 is 5.32 Å². The first-order valence-electron chi connectivity index (χ1n) is 34.5. The molecule has 0 aliphatic rings. The number of ether oxygens (including phenoxy) is 11. The number of unbranched alkanes of at least 4 members (excludes halogenated alkanes) is 28. The molecule has 0 aromatic heterocycles. The number of nitrogens with one attached hydrogen (secondary N) is 1. The van der Waals surface area contributed by atoms with E-state index >= 15 is 0 Å². The van der Waals surface area contributed by atoms with Crippen LogP contribution in [0.1, 0.15) is 232 Å². The molecular formula is C70H122NO18P. The van der Waals surface area contributed by atoms with Gasteiger partial charge in [-0.3, -0.25) is 23.4 Å². The van der Waals surface area contributed by atoms with Gasteiger partial charge in [0.2, 0.25) is 5.91 Å². The van der Waals surface area contributed by atoms with Gasteiger partial charge in [0, 0.05) is 52.2 Å². The zero-order chi connectivity index (χ0) is 65.3. The van der Waals surface area contributed by atoms with E-state index in [-0.39, 0.29) is 52.4 Å². The fourth-order valence-corrected chi connectivity index (χ4v) is 9.33. The Balaban J connectivity index is 4.47. The molecule has 1 amide bonds. The number of esters is 2. The maximum absolute atomic E-state index is 12.9. The molecule has 0 spiro atoms. The molecule has 0 aromatic carbocycles. The van der Waals surface area contributed by atoms with Crippen LogP contribution in [0.25, 0.3) is 0 Å². The van der Waals surface area contributed by atoms with Crippen molar-refractivity contribution >= 4 is 25.7 Å². The molecule has 90 heavy (non-hydrogen) atoms. The quantitative estimate of drug-likeness (QED) is 0.0250. The Morgan fingerprint density at radius 1 is 0.389 bits per heavy atom. The second-order valence-electron chi connectivity index (χ2n) is 22.0. The molecule has 0 fully saturated rings. The molecule has 19 nitrogen and oxygen atoms in total. The van der Waals surface area contributed by atoms with Gasteiger partial charge in [-0.05, 0) is 62.2 Å². The van der Waals surface area contributed by atoms with Gasteiger partial charge in [0.15, 0.2) is 6.10 Å². The normalized spacial score (nSPS) is 11.9. The predicted molar refractivity (Wildman–Crippen MR) is 353 cm³/mol. The fraction of sp³-hybridized carbons (Fsp3) is 0.843. The maximum atomic E-state index is 12.9. The van der Waals surface area contributed by atoms with Crippen LogP contribution in [0.2, 0.25) is 0 Å². The molecule has 20 heteroatoms. The van der Waals surface area contributed by atoms with Gasteiger partial charge in [0.1, 0.15) is 13.2 Å². The van der Waals surface area contributed by atoms with Crippen LogP contribution in [-0.4, -0.2) is 175 Å². The van der Waals surface area contributed by atoms with Crippen molar-refractivity contribution in [1.29, 1.82) is 0 Å². The van der Waals surface area contributed by atoms with Crippen LogP contribution in [0, 0.1) is 47.4 Å². The monoisotopic (exact) mass is 1300 g/mol. The number of carbonyl (C=O) groups excluding carboxylic acids is 3. The van der Waals surface area contributed by atoms with Gasteiger partial charge >= 0.3 is 19.8 Å². The van der Waals surface area contributed by atoms with E-state index < -0.39 is 38.4 Å². The number of hydrogen-bond acceptors (Lipinski definition) is 17. The number of phosphoric acid groups is 1. The number of rotatable bonds is 68. The molecule has 520 valence electrons. The first-order valence-corrected chi connectivity index (χ1v) is 36.0. The lowest BCUT2D eigenvalue weighted by atomic mass is 10.1. The van der Waals surface area contributed by atoms with E-state index in [0.29, 0.717) is 105 Å². The molecular weight excluding hydrogens is 1170 g/mol. The van der Waals surface area contributed by atoms with Crippen molar-refractivity contribution in [1.82, 2.24) is 5.32 Å². The molecule has 0 aliphatic carbocycles. The molecule has 0 aliphatic heterocycles. The summed E-state index contributed by atoms with van der Waals surface area (Å²) in [5.74, 6) is 23.2. The van der Waals surface area contributed by atoms with Crippen molar-refractivity contribution in [2.45, 2.75) is 238 Å². The summed E-state index contributed by atoms with van der Waals surface area (Å²) in [7, 11) is -3.03. The average Bonchev–Trinajstić information content (AvgIpc) is 2.98. The van der Waals surface area contributed by atoms with Gasteiger partial charge in [-0.2, -0.15) is 0 Å². The summed E-state index contributed by atoms with van der Waals surface area (Å²) in [6, 6.07) is 0. The van der Waals surface area contributed by atoms with Crippen LogP contribution in [-0.2, 0) is 80.1 Å². The largest absolute Gasteiger partial charge is 0.472 e. The fourth-order valence-electron chi connectivity index (χ4n) is 8.58. The maximum Gasteiger partial charge on any atom is 0.472 e. The minimum absolute atomic E-state index is 0.109. The molecule has 0 saturated heterocycles. The third-order valence-corrected chi connectivity index (χ3v) is 14.7. The summed E-state index contributed by atoms with van der Waals surface area (Å²) in [5, 5.41) is 2.54. The molecule has 0 bridgehead atoms. The lowest BCUT2D eigenvalue weighted by Crippen LogP contribution is -2.31. The van der Waals surface area contributed by atoms with E-state index in [0.717, 1.165) is 103 Å². The van der Waals surface area contributed by atoms with Gasteiger partial charge in [-0.1, -0.05) is 179 Å². The van der Waals surface area contributed by atoms with Crippen LogP contribution in [0.3, 0.4) is 0 Å². The van der Waals surface area contributed by atoms with Crippen molar-refractivity contribution < 1.29 is 85.0 Å². The molecule has 2 N–H and O–H groups in total. The highest BCUT2D eigenvalue weighted by Gasteiger charge is 2.26. The SMILES string of the molecule is CCCCCCCCCCC#CC#CCCCCCCCCC(=O)OC[C@H](COP(=O)(O)OCCNC(=O)COCCOCCOCCOCCOCCOCCOCCOCCOC)OC(=O)CCCCCCCCC#CC#CCCCCCCCCCC. The van der Waals surface area contributed by atoms with Gasteiger partial charge in [-0.25, -0.2) is 4.57 Å². The van der Waals surface area contributed by atoms with Gasteiger partial charge < -0.3 is 62.3 Å². The Kier molecular flexibility index (Phi) is 69.9. The van der Waals surface area contributed by atoms with E-state index in [2.05, 4.69) is 66.5 Å². The van der Waals surface area contributed by atoms with Crippen LogP contribution >= 0.6 is 7.82 Å². The Hall–Kier alpha value is -3.60. The third-order valence-electron chi connectivity index (χ3n) is 13.8. The second-order valence-corrected chi connectivity index (χ2v) is 23.4. The molecule has 0 radical (unpaired) electrons. The average molecular weight is 1300 g/mol. The van der Waals surface area contributed by atoms with Crippen molar-refractivity contribution in [2.24, 2.45) is 0 Å².